The van der Waals surface area contributed by atoms with Gasteiger partial charge in [-0.3, -0.25) is 14.5 Å². The molecule has 0 unspecified atom stereocenters. The number of rotatable bonds is 8. The summed E-state index contributed by atoms with van der Waals surface area (Å²) in [6.07, 6.45) is 1.66. The summed E-state index contributed by atoms with van der Waals surface area (Å²) in [7, 11) is 0. The van der Waals surface area contributed by atoms with Gasteiger partial charge in [0.2, 0.25) is 0 Å². The van der Waals surface area contributed by atoms with Crippen molar-refractivity contribution in [3.63, 3.8) is 0 Å². The normalized spacial score (nSPS) is 14.4. The quantitative estimate of drug-likeness (QED) is 0.340. The number of imide groups is 1. The Morgan fingerprint density at radius 2 is 1.58 bits per heavy atom. The fourth-order valence-electron chi connectivity index (χ4n) is 3.27. The Kier molecular flexibility index (Phi) is 7.08. The molecule has 1 saturated heterocycles. The van der Waals surface area contributed by atoms with Gasteiger partial charge in [-0.25, -0.2) is 0 Å². The van der Waals surface area contributed by atoms with E-state index >= 15 is 0 Å². The monoisotopic (exact) mass is 456 g/mol. The van der Waals surface area contributed by atoms with E-state index in [-0.39, 0.29) is 17.7 Å². The average molecular weight is 457 g/mol. The van der Waals surface area contributed by atoms with Gasteiger partial charge < -0.3 is 9.47 Å². The molecule has 0 N–H and O–H groups in total. The zero-order chi connectivity index (χ0) is 23.0. The van der Waals surface area contributed by atoms with Crippen LogP contribution in [0.5, 0.6) is 11.5 Å². The molecule has 6 nitrogen and oxygen atoms in total. The maximum atomic E-state index is 12.9. The second kappa shape index (κ2) is 10.5. The molecule has 0 aromatic heterocycles. The number of nitriles is 1. The number of hydrogen-bond acceptors (Lipinski definition) is 6. The van der Waals surface area contributed by atoms with Crippen LogP contribution < -0.4 is 9.47 Å². The van der Waals surface area contributed by atoms with Crippen LogP contribution in [0.3, 0.4) is 0 Å². The van der Waals surface area contributed by atoms with Crippen LogP contribution in [0.4, 0.5) is 4.79 Å². The number of thioether (sulfide) groups is 1. The molecule has 0 bridgehead atoms. The Labute approximate surface area is 196 Å². The fraction of sp³-hybridized carbons (Fsp3) is 0.115. The molecule has 3 aromatic rings. The van der Waals surface area contributed by atoms with Crippen LogP contribution in [0.2, 0.25) is 0 Å². The summed E-state index contributed by atoms with van der Waals surface area (Å²) >= 11 is 0.879. The smallest absolute Gasteiger partial charge is 0.293 e. The zero-order valence-electron chi connectivity index (χ0n) is 17.6. The van der Waals surface area contributed by atoms with Gasteiger partial charge in [0.25, 0.3) is 11.1 Å². The van der Waals surface area contributed by atoms with Gasteiger partial charge in [0.05, 0.1) is 23.1 Å². The summed E-state index contributed by atoms with van der Waals surface area (Å²) in [6.45, 7) is 0.750. The number of nitrogens with zero attached hydrogens (tertiary/aromatic N) is 2. The lowest BCUT2D eigenvalue weighted by Gasteiger charge is -2.13. The molecule has 4 rings (SSSR count). The first-order chi connectivity index (χ1) is 16.2. The summed E-state index contributed by atoms with van der Waals surface area (Å²) in [5.41, 5.74) is 1.77. The maximum absolute atomic E-state index is 12.9. The number of hydrogen-bond donors (Lipinski definition) is 0. The van der Waals surface area contributed by atoms with E-state index in [0.29, 0.717) is 40.6 Å². The molecular formula is C26H20N2O4S. The number of benzene rings is 3. The van der Waals surface area contributed by atoms with E-state index in [9.17, 15) is 14.9 Å². The lowest BCUT2D eigenvalue weighted by molar-refractivity contribution is -0.123. The van der Waals surface area contributed by atoms with Gasteiger partial charge in [-0.2, -0.15) is 5.26 Å². The molecule has 0 saturated carbocycles. The maximum Gasteiger partial charge on any atom is 0.293 e. The minimum Gasteiger partial charge on any atom is -0.490 e. The standard InChI is InChI=1S/C26H20N2O4S/c27-17-20-9-4-5-10-21(20)18-28-25(29)24(33-26(28)30)16-19-8-6-7-13-23(19)32-15-14-31-22-11-2-1-3-12-22/h1-13,16H,14-15,18H2/b24-16+. The van der Waals surface area contributed by atoms with Gasteiger partial charge >= 0.3 is 0 Å². The predicted octanol–water partition coefficient (Wildman–Crippen LogP) is 5.25. The van der Waals surface area contributed by atoms with Crippen molar-refractivity contribution in [3.8, 4) is 17.6 Å². The average Bonchev–Trinajstić information content (AvgIpc) is 3.11. The van der Waals surface area contributed by atoms with Crippen LogP contribution >= 0.6 is 11.8 Å². The summed E-state index contributed by atoms with van der Waals surface area (Å²) in [6, 6.07) is 25.8. The van der Waals surface area contributed by atoms with Gasteiger partial charge in [-0.15, -0.1) is 0 Å². The van der Waals surface area contributed by atoms with Crippen LogP contribution in [0, 0.1) is 11.3 Å². The van der Waals surface area contributed by atoms with E-state index in [2.05, 4.69) is 6.07 Å². The van der Waals surface area contributed by atoms with Gasteiger partial charge in [0.1, 0.15) is 24.7 Å². The Balaban J connectivity index is 1.44. The summed E-state index contributed by atoms with van der Waals surface area (Å²) < 4.78 is 11.5. The summed E-state index contributed by atoms with van der Waals surface area (Å²) in [5.74, 6) is 0.969. The highest BCUT2D eigenvalue weighted by molar-refractivity contribution is 8.18. The van der Waals surface area contributed by atoms with Crippen LogP contribution in [0.1, 0.15) is 16.7 Å². The fourth-order valence-corrected chi connectivity index (χ4v) is 4.10. The van der Waals surface area contributed by atoms with Gasteiger partial charge in [0.15, 0.2) is 0 Å². The van der Waals surface area contributed by atoms with Gasteiger partial charge in [-0.1, -0.05) is 54.6 Å². The molecule has 7 heteroatoms. The van der Waals surface area contributed by atoms with Crippen molar-refractivity contribution in [2.24, 2.45) is 0 Å². The van der Waals surface area contributed by atoms with E-state index in [1.54, 1.807) is 30.3 Å². The highest BCUT2D eigenvalue weighted by Crippen LogP contribution is 2.35. The number of para-hydroxylation sites is 2. The molecule has 3 aromatic carbocycles. The molecular weight excluding hydrogens is 436 g/mol. The van der Waals surface area contributed by atoms with E-state index < -0.39 is 0 Å². The van der Waals surface area contributed by atoms with Crippen LogP contribution in [0.25, 0.3) is 6.08 Å². The SMILES string of the molecule is N#Cc1ccccc1CN1C(=O)S/C(=C/c2ccccc2OCCOc2ccccc2)C1=O. The van der Waals surface area contributed by atoms with Crippen molar-refractivity contribution in [1.29, 1.82) is 5.26 Å². The first kappa shape index (κ1) is 22.2. The largest absolute Gasteiger partial charge is 0.490 e. The predicted molar refractivity (Wildman–Crippen MR) is 127 cm³/mol. The number of amides is 2. The van der Waals surface area contributed by atoms with Crippen LogP contribution in [-0.4, -0.2) is 29.3 Å². The molecule has 0 atom stereocenters. The Hall–Kier alpha value is -4.02. The molecule has 1 fully saturated rings. The highest BCUT2D eigenvalue weighted by Gasteiger charge is 2.35. The van der Waals surface area contributed by atoms with Gasteiger partial charge in [0, 0.05) is 5.56 Å². The number of carbonyl (C=O) groups excluding carboxylic acids is 2. The molecule has 2 amide bonds. The third-order valence-electron chi connectivity index (χ3n) is 4.90. The lowest BCUT2D eigenvalue weighted by atomic mass is 10.1. The van der Waals surface area contributed by atoms with E-state index in [1.807, 2.05) is 54.6 Å². The third-order valence-corrected chi connectivity index (χ3v) is 5.81. The van der Waals surface area contributed by atoms with E-state index in [1.165, 1.54) is 0 Å². The van der Waals surface area contributed by atoms with Gasteiger partial charge in [-0.05, 0) is 47.7 Å². The number of carbonyl (C=O) groups is 2. The third kappa shape index (κ3) is 5.43. The topological polar surface area (TPSA) is 79.6 Å². The molecule has 0 spiro atoms. The zero-order valence-corrected chi connectivity index (χ0v) is 18.5. The number of ether oxygens (including phenoxy) is 2. The summed E-state index contributed by atoms with van der Waals surface area (Å²) in [4.78, 5) is 26.9. The Morgan fingerprint density at radius 1 is 0.879 bits per heavy atom. The second-order valence-electron chi connectivity index (χ2n) is 7.08. The molecule has 1 heterocycles. The van der Waals surface area contributed by atoms with E-state index in [0.717, 1.165) is 22.4 Å². The molecule has 1 aliphatic rings. The molecule has 0 radical (unpaired) electrons. The second-order valence-corrected chi connectivity index (χ2v) is 8.08. The first-order valence-electron chi connectivity index (χ1n) is 10.3. The molecule has 33 heavy (non-hydrogen) atoms. The lowest BCUT2D eigenvalue weighted by Crippen LogP contribution is -2.27. The van der Waals surface area contributed by atoms with E-state index in [4.69, 9.17) is 9.47 Å². The highest BCUT2D eigenvalue weighted by atomic mass is 32.2. The summed E-state index contributed by atoms with van der Waals surface area (Å²) in [5, 5.41) is 8.91. The first-order valence-corrected chi connectivity index (χ1v) is 11.1. The van der Waals surface area contributed by atoms with Crippen molar-refractivity contribution < 1.29 is 19.1 Å². The molecule has 1 aliphatic heterocycles. The van der Waals surface area contributed by atoms with Crippen molar-refractivity contribution in [3.05, 3.63) is 100 Å². The Morgan fingerprint density at radius 3 is 2.39 bits per heavy atom. The minimum absolute atomic E-state index is 0.0563. The Bertz CT molecular complexity index is 1230. The van der Waals surface area contributed by atoms with Crippen LogP contribution in [-0.2, 0) is 11.3 Å². The van der Waals surface area contributed by atoms with Crippen molar-refractivity contribution in [1.82, 2.24) is 4.90 Å². The van der Waals surface area contributed by atoms with Crippen molar-refractivity contribution in [2.75, 3.05) is 13.2 Å². The van der Waals surface area contributed by atoms with Crippen LogP contribution in [0.15, 0.2) is 83.8 Å². The molecule has 164 valence electrons. The van der Waals surface area contributed by atoms with Crippen molar-refractivity contribution >= 4 is 29.0 Å². The molecule has 0 aliphatic carbocycles. The minimum atomic E-state index is -0.389. The van der Waals surface area contributed by atoms with Crippen molar-refractivity contribution in [2.45, 2.75) is 6.54 Å².